The van der Waals surface area contributed by atoms with Crippen LogP contribution in [0.25, 0.3) is 0 Å². The van der Waals surface area contributed by atoms with Crippen LogP contribution in [0, 0.1) is 0 Å². The van der Waals surface area contributed by atoms with Gasteiger partial charge in [-0.2, -0.15) is 4.98 Å². The maximum atomic E-state index is 11.7. The molecule has 21 heavy (non-hydrogen) atoms. The van der Waals surface area contributed by atoms with Crippen LogP contribution in [0.4, 0.5) is 5.82 Å². The number of rotatable bonds is 3. The van der Waals surface area contributed by atoms with E-state index in [2.05, 4.69) is 10.3 Å². The summed E-state index contributed by atoms with van der Waals surface area (Å²) in [6.07, 6.45) is 5.69. The number of carbonyl (C=O) groups excluding carboxylic acids is 1. The van der Waals surface area contributed by atoms with Gasteiger partial charge in [-0.3, -0.25) is 4.79 Å². The molecule has 1 fully saturated rings. The Morgan fingerprint density at radius 1 is 1.33 bits per heavy atom. The molecule has 2 heterocycles. The van der Waals surface area contributed by atoms with Crippen LogP contribution in [0.2, 0.25) is 0 Å². The Morgan fingerprint density at radius 2 is 2.10 bits per heavy atom. The predicted octanol–water partition coefficient (Wildman–Crippen LogP) is 1.19. The van der Waals surface area contributed by atoms with Gasteiger partial charge in [0.2, 0.25) is 5.88 Å². The number of primary amides is 1. The number of nitrogens with one attached hydrogen (secondary N) is 1. The summed E-state index contributed by atoms with van der Waals surface area (Å²) >= 11 is 0. The summed E-state index contributed by atoms with van der Waals surface area (Å²) in [4.78, 5) is 16.1. The third-order valence-electron chi connectivity index (χ3n) is 4.24. The van der Waals surface area contributed by atoms with Gasteiger partial charge < -0.3 is 21.5 Å². The molecule has 1 aromatic heterocycles. The van der Waals surface area contributed by atoms with Crippen molar-refractivity contribution in [2.75, 3.05) is 11.9 Å². The molecule has 6 nitrogen and oxygen atoms in total. The van der Waals surface area contributed by atoms with Crippen LogP contribution in [-0.2, 0) is 6.42 Å². The van der Waals surface area contributed by atoms with Crippen molar-refractivity contribution in [3.8, 4) is 5.88 Å². The van der Waals surface area contributed by atoms with E-state index in [9.17, 15) is 4.79 Å². The number of anilines is 1. The molecule has 5 N–H and O–H groups in total. The van der Waals surface area contributed by atoms with Crippen molar-refractivity contribution in [1.29, 1.82) is 0 Å². The first-order chi connectivity index (χ1) is 10.1. The Balaban J connectivity index is 1.84. The Hall–Kier alpha value is -1.82. The topological polar surface area (TPSA) is 103 Å². The molecule has 1 amide bonds. The average Bonchev–Trinajstić information content (AvgIpc) is 2.48. The molecule has 1 saturated carbocycles. The summed E-state index contributed by atoms with van der Waals surface area (Å²) in [7, 11) is 0. The van der Waals surface area contributed by atoms with Gasteiger partial charge in [0.1, 0.15) is 17.5 Å². The lowest BCUT2D eigenvalue weighted by Gasteiger charge is -2.27. The van der Waals surface area contributed by atoms with Gasteiger partial charge in [0, 0.05) is 12.6 Å². The van der Waals surface area contributed by atoms with Gasteiger partial charge in [0.25, 0.3) is 5.91 Å². The minimum Gasteiger partial charge on any atom is -0.474 e. The number of hydrogen-bond donors (Lipinski definition) is 3. The summed E-state index contributed by atoms with van der Waals surface area (Å²) < 4.78 is 5.95. The Labute approximate surface area is 124 Å². The van der Waals surface area contributed by atoms with Crippen LogP contribution in [0.1, 0.15) is 48.0 Å². The van der Waals surface area contributed by atoms with Crippen molar-refractivity contribution < 1.29 is 9.53 Å². The molecule has 0 unspecified atom stereocenters. The summed E-state index contributed by atoms with van der Waals surface area (Å²) in [5.74, 6) is 0.684. The van der Waals surface area contributed by atoms with Crippen molar-refractivity contribution >= 4 is 11.7 Å². The molecule has 0 spiro atoms. The lowest BCUT2D eigenvalue weighted by Crippen LogP contribution is -2.32. The van der Waals surface area contributed by atoms with Gasteiger partial charge in [0.05, 0.1) is 0 Å². The number of nitrogens with two attached hydrogens (primary N) is 2. The molecule has 1 aliphatic heterocycles. The third-order valence-corrected chi connectivity index (χ3v) is 4.24. The second-order valence-corrected chi connectivity index (χ2v) is 5.90. The summed E-state index contributed by atoms with van der Waals surface area (Å²) in [6.45, 7) is 0.896. The normalized spacial score (nSPS) is 24.8. The van der Waals surface area contributed by atoms with E-state index in [0.29, 0.717) is 11.4 Å². The molecule has 0 atom stereocenters. The maximum absolute atomic E-state index is 11.7. The SMILES string of the molecule is NC(=O)c1cc2c(nc1OC1CCC(N)CC1)NCCC2. The van der Waals surface area contributed by atoms with Gasteiger partial charge >= 0.3 is 0 Å². The minimum atomic E-state index is -0.488. The van der Waals surface area contributed by atoms with Crippen molar-refractivity contribution in [2.45, 2.75) is 50.7 Å². The molecule has 0 bridgehead atoms. The van der Waals surface area contributed by atoms with Crippen LogP contribution < -0.4 is 21.5 Å². The van der Waals surface area contributed by atoms with Gasteiger partial charge in [-0.05, 0) is 50.2 Å². The van der Waals surface area contributed by atoms with Gasteiger partial charge in [0.15, 0.2) is 0 Å². The molecule has 1 aliphatic carbocycles. The summed E-state index contributed by atoms with van der Waals surface area (Å²) in [5.41, 5.74) is 12.8. The monoisotopic (exact) mass is 290 g/mol. The molecular formula is C15H22N4O2. The molecule has 114 valence electrons. The summed E-state index contributed by atoms with van der Waals surface area (Å²) in [6, 6.07) is 2.08. The van der Waals surface area contributed by atoms with Gasteiger partial charge in [-0.25, -0.2) is 0 Å². The lowest BCUT2D eigenvalue weighted by atomic mass is 9.94. The van der Waals surface area contributed by atoms with Crippen LogP contribution in [-0.4, -0.2) is 29.6 Å². The largest absolute Gasteiger partial charge is 0.474 e. The van der Waals surface area contributed by atoms with E-state index in [1.807, 2.05) is 6.07 Å². The van der Waals surface area contributed by atoms with Crippen LogP contribution in [0.5, 0.6) is 5.88 Å². The van der Waals surface area contributed by atoms with Crippen molar-refractivity contribution in [3.05, 3.63) is 17.2 Å². The zero-order chi connectivity index (χ0) is 14.8. The fourth-order valence-electron chi connectivity index (χ4n) is 3.00. The maximum Gasteiger partial charge on any atom is 0.254 e. The lowest BCUT2D eigenvalue weighted by molar-refractivity contribution is 0.0983. The molecule has 1 aromatic rings. The number of hydrogen-bond acceptors (Lipinski definition) is 5. The van der Waals surface area contributed by atoms with E-state index in [0.717, 1.165) is 56.5 Å². The third kappa shape index (κ3) is 3.10. The zero-order valence-corrected chi connectivity index (χ0v) is 12.1. The number of aromatic nitrogens is 1. The van der Waals surface area contributed by atoms with Crippen molar-refractivity contribution in [3.63, 3.8) is 0 Å². The van der Waals surface area contributed by atoms with Gasteiger partial charge in [-0.1, -0.05) is 0 Å². The van der Waals surface area contributed by atoms with Crippen LogP contribution >= 0.6 is 0 Å². The quantitative estimate of drug-likeness (QED) is 0.775. The van der Waals surface area contributed by atoms with Crippen molar-refractivity contribution in [1.82, 2.24) is 4.98 Å². The first-order valence-corrected chi connectivity index (χ1v) is 7.63. The highest BCUT2D eigenvalue weighted by Gasteiger charge is 2.24. The first kappa shape index (κ1) is 14.1. The predicted molar refractivity (Wildman–Crippen MR) is 80.4 cm³/mol. The summed E-state index contributed by atoms with van der Waals surface area (Å²) in [5, 5.41) is 3.25. The Kier molecular flexibility index (Phi) is 3.96. The molecule has 0 saturated heterocycles. The molecule has 2 aliphatic rings. The smallest absolute Gasteiger partial charge is 0.254 e. The van der Waals surface area contributed by atoms with Crippen molar-refractivity contribution in [2.24, 2.45) is 11.5 Å². The number of aryl methyl sites for hydroxylation is 1. The molecule has 6 heteroatoms. The number of fused-ring (bicyclic) bond motifs is 1. The standard InChI is InChI=1S/C15H22N4O2/c16-10-3-5-11(6-4-10)21-15-12(13(17)20)8-9-2-1-7-18-14(9)19-15/h8,10-11H,1-7,16H2,(H2,17,20)(H,18,19). The van der Waals surface area contributed by atoms with E-state index >= 15 is 0 Å². The Bertz CT molecular complexity index is 539. The van der Waals surface area contributed by atoms with Crippen LogP contribution in [0.15, 0.2) is 6.07 Å². The average molecular weight is 290 g/mol. The molecule has 0 aromatic carbocycles. The number of nitrogens with zero attached hydrogens (tertiary/aromatic N) is 1. The first-order valence-electron chi connectivity index (χ1n) is 7.63. The van der Waals surface area contributed by atoms with E-state index in [4.69, 9.17) is 16.2 Å². The highest BCUT2D eigenvalue weighted by molar-refractivity contribution is 5.95. The fourth-order valence-corrected chi connectivity index (χ4v) is 3.00. The number of ether oxygens (including phenoxy) is 1. The minimum absolute atomic E-state index is 0.0667. The zero-order valence-electron chi connectivity index (χ0n) is 12.1. The van der Waals surface area contributed by atoms with E-state index in [1.165, 1.54) is 0 Å². The van der Waals surface area contributed by atoms with Crippen LogP contribution in [0.3, 0.4) is 0 Å². The van der Waals surface area contributed by atoms with E-state index < -0.39 is 5.91 Å². The second-order valence-electron chi connectivity index (χ2n) is 5.90. The van der Waals surface area contributed by atoms with E-state index in [1.54, 1.807) is 0 Å². The second kappa shape index (κ2) is 5.89. The molecular weight excluding hydrogens is 268 g/mol. The number of pyridine rings is 1. The highest BCUT2D eigenvalue weighted by Crippen LogP contribution is 2.29. The highest BCUT2D eigenvalue weighted by atomic mass is 16.5. The Morgan fingerprint density at radius 3 is 2.81 bits per heavy atom. The number of amides is 1. The molecule has 0 radical (unpaired) electrons. The van der Waals surface area contributed by atoms with E-state index in [-0.39, 0.29) is 12.1 Å². The van der Waals surface area contributed by atoms with Gasteiger partial charge in [-0.15, -0.1) is 0 Å². The molecule has 3 rings (SSSR count). The number of carbonyl (C=O) groups is 1. The fraction of sp³-hybridized carbons (Fsp3) is 0.600.